The minimum absolute atomic E-state index is 0. The lowest BCUT2D eigenvalue weighted by atomic mass is 10.2. The predicted octanol–water partition coefficient (Wildman–Crippen LogP) is 0.751. The van der Waals surface area contributed by atoms with Crippen molar-refractivity contribution in [2.45, 2.75) is 31.6 Å². The van der Waals surface area contributed by atoms with E-state index in [4.69, 9.17) is 10.5 Å². The quantitative estimate of drug-likeness (QED) is 0.795. The molecule has 0 aromatic carbocycles. The van der Waals surface area contributed by atoms with E-state index < -0.39 is 6.10 Å². The van der Waals surface area contributed by atoms with Crippen LogP contribution in [-0.2, 0) is 20.9 Å². The Morgan fingerprint density at radius 2 is 2.27 bits per heavy atom. The standard InChI is InChI=1S/C14H21N3O3S.ClH/c1-17(14(19)12-5-4-10(7-15)20-12)9-13(18)16-8-11-3-2-6-21-11;/h2-3,6,10,12H,4-5,7-9,15H2,1H3,(H,16,18);1H/t10-,12+;/m1./s1. The molecule has 8 heteroatoms. The van der Waals surface area contributed by atoms with Crippen molar-refractivity contribution >= 4 is 35.6 Å². The Morgan fingerprint density at radius 1 is 1.50 bits per heavy atom. The molecule has 2 rings (SSSR count). The van der Waals surface area contributed by atoms with Gasteiger partial charge in [0.2, 0.25) is 5.91 Å². The molecule has 0 spiro atoms. The van der Waals surface area contributed by atoms with Gasteiger partial charge in [-0.2, -0.15) is 0 Å². The van der Waals surface area contributed by atoms with Crippen LogP contribution in [0.25, 0.3) is 0 Å². The van der Waals surface area contributed by atoms with Gasteiger partial charge in [0.25, 0.3) is 5.91 Å². The number of carbonyl (C=O) groups is 2. The van der Waals surface area contributed by atoms with Crippen LogP contribution in [0.1, 0.15) is 17.7 Å². The number of nitrogens with one attached hydrogen (secondary N) is 1. The van der Waals surface area contributed by atoms with E-state index in [1.54, 1.807) is 18.4 Å². The molecule has 2 heterocycles. The molecule has 3 N–H and O–H groups in total. The zero-order valence-corrected chi connectivity index (χ0v) is 14.1. The van der Waals surface area contributed by atoms with E-state index in [9.17, 15) is 9.59 Å². The highest BCUT2D eigenvalue weighted by molar-refractivity contribution is 7.09. The third-order valence-electron chi connectivity index (χ3n) is 3.44. The van der Waals surface area contributed by atoms with Crippen molar-refractivity contribution in [3.05, 3.63) is 22.4 Å². The number of nitrogens with zero attached hydrogens (tertiary/aromatic N) is 1. The van der Waals surface area contributed by atoms with Crippen LogP contribution in [-0.4, -0.2) is 49.1 Å². The molecule has 2 atom stereocenters. The Kier molecular flexibility index (Phi) is 7.81. The lowest BCUT2D eigenvalue weighted by Crippen LogP contribution is -2.42. The van der Waals surface area contributed by atoms with Gasteiger partial charge in [0.15, 0.2) is 0 Å². The minimum atomic E-state index is -0.464. The summed E-state index contributed by atoms with van der Waals surface area (Å²) in [6, 6.07) is 3.90. The fraction of sp³-hybridized carbons (Fsp3) is 0.571. The molecule has 0 unspecified atom stereocenters. The maximum absolute atomic E-state index is 12.2. The molecule has 1 aromatic heterocycles. The van der Waals surface area contributed by atoms with Gasteiger partial charge in [-0.05, 0) is 24.3 Å². The molecule has 22 heavy (non-hydrogen) atoms. The number of rotatable bonds is 6. The van der Waals surface area contributed by atoms with E-state index in [0.717, 1.165) is 11.3 Å². The van der Waals surface area contributed by atoms with Crippen molar-refractivity contribution in [1.29, 1.82) is 0 Å². The predicted molar refractivity (Wildman–Crippen MR) is 88.0 cm³/mol. The van der Waals surface area contributed by atoms with Crippen molar-refractivity contribution in [1.82, 2.24) is 10.2 Å². The monoisotopic (exact) mass is 347 g/mol. The number of nitrogens with two attached hydrogens (primary N) is 1. The second-order valence-electron chi connectivity index (χ2n) is 5.11. The number of hydrogen-bond acceptors (Lipinski definition) is 5. The van der Waals surface area contributed by atoms with Crippen LogP contribution in [0, 0.1) is 0 Å². The van der Waals surface area contributed by atoms with E-state index in [2.05, 4.69) is 5.32 Å². The molecule has 0 saturated carbocycles. The fourth-order valence-electron chi connectivity index (χ4n) is 2.25. The van der Waals surface area contributed by atoms with E-state index in [1.807, 2.05) is 17.5 Å². The number of thiophene rings is 1. The van der Waals surface area contributed by atoms with Gasteiger partial charge in [-0.3, -0.25) is 9.59 Å². The molecular formula is C14H22ClN3O3S. The maximum atomic E-state index is 12.2. The van der Waals surface area contributed by atoms with Crippen LogP contribution in [0.15, 0.2) is 17.5 Å². The molecule has 1 aromatic rings. The third-order valence-corrected chi connectivity index (χ3v) is 4.32. The summed E-state index contributed by atoms with van der Waals surface area (Å²) < 4.78 is 5.55. The van der Waals surface area contributed by atoms with Crippen molar-refractivity contribution < 1.29 is 14.3 Å². The largest absolute Gasteiger partial charge is 0.364 e. The van der Waals surface area contributed by atoms with Crippen LogP contribution in [0.2, 0.25) is 0 Å². The van der Waals surface area contributed by atoms with Crippen molar-refractivity contribution in [2.75, 3.05) is 20.1 Å². The number of hydrogen-bond donors (Lipinski definition) is 2. The van der Waals surface area contributed by atoms with Crippen LogP contribution >= 0.6 is 23.7 Å². The van der Waals surface area contributed by atoms with Gasteiger partial charge in [-0.25, -0.2) is 0 Å². The van der Waals surface area contributed by atoms with E-state index in [0.29, 0.717) is 19.5 Å². The molecule has 1 aliphatic heterocycles. The summed E-state index contributed by atoms with van der Waals surface area (Å²) >= 11 is 1.59. The first-order valence-corrected chi connectivity index (χ1v) is 7.87. The fourth-order valence-corrected chi connectivity index (χ4v) is 2.90. The molecule has 0 radical (unpaired) electrons. The van der Waals surface area contributed by atoms with Gasteiger partial charge in [0.1, 0.15) is 6.10 Å². The first kappa shape index (κ1) is 18.9. The molecule has 124 valence electrons. The second-order valence-corrected chi connectivity index (χ2v) is 6.14. The number of halogens is 1. The minimum Gasteiger partial charge on any atom is -0.364 e. The van der Waals surface area contributed by atoms with E-state index in [1.165, 1.54) is 4.90 Å². The molecule has 1 aliphatic rings. The lowest BCUT2D eigenvalue weighted by molar-refractivity contribution is -0.144. The smallest absolute Gasteiger partial charge is 0.251 e. The molecule has 1 saturated heterocycles. The van der Waals surface area contributed by atoms with Crippen LogP contribution in [0.3, 0.4) is 0 Å². The summed E-state index contributed by atoms with van der Waals surface area (Å²) in [4.78, 5) is 26.5. The summed E-state index contributed by atoms with van der Waals surface area (Å²) in [6.45, 7) is 0.958. The Bertz CT molecular complexity index is 484. The summed E-state index contributed by atoms with van der Waals surface area (Å²) in [5.74, 6) is -0.329. The van der Waals surface area contributed by atoms with Crippen molar-refractivity contribution in [3.8, 4) is 0 Å². The van der Waals surface area contributed by atoms with Crippen molar-refractivity contribution in [3.63, 3.8) is 0 Å². The Labute approximate surface area is 140 Å². The van der Waals surface area contributed by atoms with Gasteiger partial charge in [0, 0.05) is 18.5 Å². The zero-order chi connectivity index (χ0) is 15.2. The Balaban J connectivity index is 0.00000242. The Morgan fingerprint density at radius 3 is 2.86 bits per heavy atom. The van der Waals surface area contributed by atoms with Crippen LogP contribution in [0.4, 0.5) is 0 Å². The second kappa shape index (κ2) is 9.09. The number of carbonyl (C=O) groups excluding carboxylic acids is 2. The van der Waals surface area contributed by atoms with Gasteiger partial charge < -0.3 is 20.7 Å². The highest BCUT2D eigenvalue weighted by atomic mass is 35.5. The lowest BCUT2D eigenvalue weighted by Gasteiger charge is -2.20. The van der Waals surface area contributed by atoms with Gasteiger partial charge in [-0.1, -0.05) is 6.07 Å². The SMILES string of the molecule is CN(CC(=O)NCc1cccs1)C(=O)[C@@H]1CC[C@H](CN)O1.Cl. The molecule has 0 aliphatic carbocycles. The van der Waals surface area contributed by atoms with Gasteiger partial charge in [-0.15, -0.1) is 23.7 Å². The van der Waals surface area contributed by atoms with Gasteiger partial charge >= 0.3 is 0 Å². The van der Waals surface area contributed by atoms with E-state index in [-0.39, 0.29) is 36.9 Å². The number of ether oxygens (including phenoxy) is 1. The highest BCUT2D eigenvalue weighted by Gasteiger charge is 2.32. The Hall–Kier alpha value is -1.15. The average molecular weight is 348 g/mol. The number of likely N-dealkylation sites (N-methyl/N-ethyl adjacent to an activating group) is 1. The molecule has 1 fully saturated rings. The summed E-state index contributed by atoms with van der Waals surface area (Å²) in [5.41, 5.74) is 5.53. The number of amides is 2. The first-order chi connectivity index (χ1) is 10.1. The van der Waals surface area contributed by atoms with Crippen molar-refractivity contribution in [2.24, 2.45) is 5.73 Å². The topological polar surface area (TPSA) is 84.7 Å². The zero-order valence-electron chi connectivity index (χ0n) is 12.5. The summed E-state index contributed by atoms with van der Waals surface area (Å²) in [5, 5.41) is 4.76. The average Bonchev–Trinajstić information content (AvgIpc) is 3.15. The van der Waals surface area contributed by atoms with Crippen LogP contribution in [0.5, 0.6) is 0 Å². The summed E-state index contributed by atoms with van der Waals surface area (Å²) in [7, 11) is 1.62. The van der Waals surface area contributed by atoms with E-state index >= 15 is 0 Å². The maximum Gasteiger partial charge on any atom is 0.251 e. The van der Waals surface area contributed by atoms with Gasteiger partial charge in [0.05, 0.1) is 19.2 Å². The highest BCUT2D eigenvalue weighted by Crippen LogP contribution is 2.20. The normalized spacial score (nSPS) is 20.3. The summed E-state index contributed by atoms with van der Waals surface area (Å²) in [6.07, 6.45) is 0.960. The third kappa shape index (κ3) is 5.24. The molecule has 2 amide bonds. The van der Waals surface area contributed by atoms with Crippen LogP contribution < -0.4 is 11.1 Å². The first-order valence-electron chi connectivity index (χ1n) is 6.99. The molecular weight excluding hydrogens is 326 g/mol. The molecule has 6 nitrogen and oxygen atoms in total. The molecule has 0 bridgehead atoms.